The lowest BCUT2D eigenvalue weighted by Gasteiger charge is -2.23. The summed E-state index contributed by atoms with van der Waals surface area (Å²) in [6.07, 6.45) is -1.38. The Labute approximate surface area is 136 Å². The lowest BCUT2D eigenvalue weighted by atomic mass is 9.94. The lowest BCUT2D eigenvalue weighted by molar-refractivity contribution is -0.274. The zero-order chi connectivity index (χ0) is 17.7. The van der Waals surface area contributed by atoms with Gasteiger partial charge in [-0.25, -0.2) is 0 Å². The molecule has 2 N–H and O–H groups in total. The molecule has 132 valence electrons. The van der Waals surface area contributed by atoms with E-state index in [0.29, 0.717) is 12.8 Å². The lowest BCUT2D eigenvalue weighted by Crippen LogP contribution is -2.42. The number of rotatable bonds is 4. The van der Waals surface area contributed by atoms with Gasteiger partial charge in [-0.3, -0.25) is 9.59 Å². The van der Waals surface area contributed by atoms with E-state index in [9.17, 15) is 27.9 Å². The second kappa shape index (κ2) is 7.55. The Kier molecular flexibility index (Phi) is 5.69. The van der Waals surface area contributed by atoms with Gasteiger partial charge < -0.3 is 15.2 Å². The van der Waals surface area contributed by atoms with Crippen molar-refractivity contribution >= 4 is 11.9 Å². The van der Waals surface area contributed by atoms with E-state index in [1.54, 1.807) is 0 Å². The van der Waals surface area contributed by atoms with E-state index in [1.807, 2.05) is 0 Å². The van der Waals surface area contributed by atoms with Crippen LogP contribution in [0.3, 0.4) is 0 Å². The summed E-state index contributed by atoms with van der Waals surface area (Å²) in [5, 5.41) is 11.9. The molecule has 0 aromatic heterocycles. The molecule has 5 nitrogen and oxygen atoms in total. The van der Waals surface area contributed by atoms with E-state index in [2.05, 4.69) is 10.1 Å². The van der Waals surface area contributed by atoms with Crippen molar-refractivity contribution in [3.05, 3.63) is 29.8 Å². The van der Waals surface area contributed by atoms with Gasteiger partial charge in [-0.2, -0.15) is 0 Å². The number of ether oxygens (including phenoxy) is 1. The van der Waals surface area contributed by atoms with Gasteiger partial charge in [0, 0.05) is 11.6 Å². The topological polar surface area (TPSA) is 75.6 Å². The van der Waals surface area contributed by atoms with E-state index >= 15 is 0 Å². The summed E-state index contributed by atoms with van der Waals surface area (Å²) in [6.45, 7) is 0. The first-order valence-corrected chi connectivity index (χ1v) is 7.66. The summed E-state index contributed by atoms with van der Waals surface area (Å²) < 4.78 is 40.5. The molecule has 1 amide bonds. The van der Waals surface area contributed by atoms with E-state index in [-0.39, 0.29) is 5.56 Å². The van der Waals surface area contributed by atoms with Crippen LogP contribution in [-0.2, 0) is 4.79 Å². The monoisotopic (exact) mass is 345 g/mol. The Morgan fingerprint density at radius 3 is 2.54 bits per heavy atom. The fraction of sp³-hybridized carbons (Fsp3) is 0.500. The van der Waals surface area contributed by atoms with Gasteiger partial charge in [0.05, 0.1) is 5.92 Å². The van der Waals surface area contributed by atoms with Crippen molar-refractivity contribution in [2.24, 2.45) is 5.92 Å². The van der Waals surface area contributed by atoms with Crippen LogP contribution in [-0.4, -0.2) is 29.4 Å². The molecular formula is C16H18F3NO4. The molecule has 0 bridgehead atoms. The molecule has 1 aromatic carbocycles. The van der Waals surface area contributed by atoms with Crippen molar-refractivity contribution in [2.75, 3.05) is 0 Å². The first-order valence-electron chi connectivity index (χ1n) is 7.66. The molecule has 0 heterocycles. The highest BCUT2D eigenvalue weighted by atomic mass is 19.4. The third-order valence-electron chi connectivity index (χ3n) is 3.98. The van der Waals surface area contributed by atoms with Crippen molar-refractivity contribution < 1.29 is 32.6 Å². The quantitative estimate of drug-likeness (QED) is 0.821. The Balaban J connectivity index is 2.10. The second-order valence-corrected chi connectivity index (χ2v) is 5.74. The highest BCUT2D eigenvalue weighted by Gasteiger charge is 2.32. The number of alkyl halides is 3. The second-order valence-electron chi connectivity index (χ2n) is 5.74. The molecular weight excluding hydrogens is 327 g/mol. The molecule has 0 spiro atoms. The van der Waals surface area contributed by atoms with Crippen LogP contribution in [0.25, 0.3) is 0 Å². The minimum Gasteiger partial charge on any atom is -0.481 e. The Morgan fingerprint density at radius 1 is 1.17 bits per heavy atom. The van der Waals surface area contributed by atoms with E-state index < -0.39 is 35.9 Å². The minimum atomic E-state index is -4.84. The van der Waals surface area contributed by atoms with Crippen LogP contribution < -0.4 is 10.1 Å². The highest BCUT2D eigenvalue weighted by Crippen LogP contribution is 2.26. The van der Waals surface area contributed by atoms with E-state index in [4.69, 9.17) is 0 Å². The van der Waals surface area contributed by atoms with Gasteiger partial charge in [-0.05, 0) is 31.0 Å². The number of carbonyl (C=O) groups excluding carboxylic acids is 1. The number of hydrogen-bond donors (Lipinski definition) is 2. The first-order chi connectivity index (χ1) is 11.3. The Bertz CT molecular complexity index is 603. The van der Waals surface area contributed by atoms with Gasteiger partial charge in [0.15, 0.2) is 0 Å². The zero-order valence-corrected chi connectivity index (χ0v) is 12.8. The smallest absolute Gasteiger partial charge is 0.481 e. The van der Waals surface area contributed by atoms with Gasteiger partial charge in [0.25, 0.3) is 5.91 Å². The molecule has 8 heteroatoms. The van der Waals surface area contributed by atoms with Gasteiger partial charge in [0.1, 0.15) is 5.75 Å². The standard InChI is InChI=1S/C16H18F3NO4/c17-16(18,19)24-11-6-4-5-10(9-11)14(21)20-13-8-3-1-2-7-12(13)15(22)23/h4-6,9,12-13H,1-3,7-8H2,(H,20,21)(H,22,23)/t12-,13+/m1/s1. The fourth-order valence-electron chi connectivity index (χ4n) is 2.86. The molecule has 1 aromatic rings. The Morgan fingerprint density at radius 2 is 1.88 bits per heavy atom. The van der Waals surface area contributed by atoms with Gasteiger partial charge in [-0.15, -0.1) is 13.2 Å². The Hall–Kier alpha value is -2.25. The number of carboxylic acids is 1. The number of carbonyl (C=O) groups is 2. The zero-order valence-electron chi connectivity index (χ0n) is 12.8. The normalized spacial score (nSPS) is 21.6. The third-order valence-corrected chi connectivity index (χ3v) is 3.98. The SMILES string of the molecule is O=C(N[C@H]1CCCCC[C@H]1C(=O)O)c1cccc(OC(F)(F)F)c1. The average Bonchev–Trinajstić information content (AvgIpc) is 2.71. The number of aliphatic carboxylic acids is 1. The van der Waals surface area contributed by atoms with Crippen LogP contribution in [0.15, 0.2) is 24.3 Å². The van der Waals surface area contributed by atoms with E-state index in [1.165, 1.54) is 12.1 Å². The van der Waals surface area contributed by atoms with Crippen LogP contribution >= 0.6 is 0 Å². The predicted octanol–water partition coefficient (Wildman–Crippen LogP) is 3.35. The van der Waals surface area contributed by atoms with Crippen molar-refractivity contribution in [1.82, 2.24) is 5.32 Å². The van der Waals surface area contributed by atoms with Crippen molar-refractivity contribution in [1.29, 1.82) is 0 Å². The summed E-state index contributed by atoms with van der Waals surface area (Å²) in [7, 11) is 0. The van der Waals surface area contributed by atoms with Crippen LogP contribution in [0.1, 0.15) is 42.5 Å². The van der Waals surface area contributed by atoms with Gasteiger partial charge in [0.2, 0.25) is 0 Å². The molecule has 1 aliphatic carbocycles. The number of benzene rings is 1. The fourth-order valence-corrected chi connectivity index (χ4v) is 2.86. The van der Waals surface area contributed by atoms with Crippen molar-refractivity contribution in [3.8, 4) is 5.75 Å². The summed E-state index contributed by atoms with van der Waals surface area (Å²) in [6, 6.07) is 4.17. The highest BCUT2D eigenvalue weighted by molar-refractivity contribution is 5.95. The first kappa shape index (κ1) is 18.1. The van der Waals surface area contributed by atoms with Gasteiger partial charge in [-0.1, -0.05) is 25.3 Å². The molecule has 2 atom stereocenters. The van der Waals surface area contributed by atoms with Crippen LogP contribution in [0.4, 0.5) is 13.2 Å². The van der Waals surface area contributed by atoms with Gasteiger partial charge >= 0.3 is 12.3 Å². The molecule has 0 aliphatic heterocycles. The molecule has 1 saturated carbocycles. The maximum atomic E-state index is 12.3. The van der Waals surface area contributed by atoms with Crippen LogP contribution in [0.5, 0.6) is 5.75 Å². The minimum absolute atomic E-state index is 0.00913. The molecule has 1 fully saturated rings. The number of hydrogen-bond acceptors (Lipinski definition) is 3. The number of halogens is 3. The molecule has 0 radical (unpaired) electrons. The third kappa shape index (κ3) is 5.14. The van der Waals surface area contributed by atoms with E-state index in [0.717, 1.165) is 31.4 Å². The molecule has 1 aliphatic rings. The summed E-state index contributed by atoms with van der Waals surface area (Å²) in [5.41, 5.74) is -0.00913. The van der Waals surface area contributed by atoms with Crippen molar-refractivity contribution in [2.45, 2.75) is 44.5 Å². The molecule has 24 heavy (non-hydrogen) atoms. The summed E-state index contributed by atoms with van der Waals surface area (Å²) in [4.78, 5) is 23.6. The number of amides is 1. The maximum absolute atomic E-state index is 12.3. The largest absolute Gasteiger partial charge is 0.573 e. The number of carboxylic acid groups (broad SMARTS) is 1. The average molecular weight is 345 g/mol. The van der Waals surface area contributed by atoms with Crippen LogP contribution in [0.2, 0.25) is 0 Å². The maximum Gasteiger partial charge on any atom is 0.573 e. The molecule has 2 rings (SSSR count). The molecule has 0 saturated heterocycles. The number of nitrogens with one attached hydrogen (secondary N) is 1. The van der Waals surface area contributed by atoms with Crippen molar-refractivity contribution in [3.63, 3.8) is 0 Å². The predicted molar refractivity (Wildman–Crippen MR) is 78.6 cm³/mol. The summed E-state index contributed by atoms with van der Waals surface area (Å²) >= 11 is 0. The molecule has 0 unspecified atom stereocenters. The summed E-state index contributed by atoms with van der Waals surface area (Å²) in [5.74, 6) is -2.77. The van der Waals surface area contributed by atoms with Crippen LogP contribution in [0, 0.1) is 5.92 Å².